The summed E-state index contributed by atoms with van der Waals surface area (Å²) in [5.74, 6) is 0.234. The number of aromatic nitrogens is 1. The molecule has 0 saturated carbocycles. The summed E-state index contributed by atoms with van der Waals surface area (Å²) < 4.78 is 38.3. The Hall–Kier alpha value is -3.92. The fourth-order valence-corrected chi connectivity index (χ4v) is 3.71. The van der Waals surface area contributed by atoms with Crippen molar-refractivity contribution in [3.8, 4) is 5.75 Å². The molecule has 178 valence electrons. The van der Waals surface area contributed by atoms with Gasteiger partial charge in [-0.2, -0.15) is 0 Å². The predicted molar refractivity (Wildman–Crippen MR) is 127 cm³/mol. The minimum Gasteiger partial charge on any atom is -0.494 e. The topological polar surface area (TPSA) is 102 Å². The average Bonchev–Trinajstić information content (AvgIpc) is 2.85. The van der Waals surface area contributed by atoms with Crippen molar-refractivity contribution in [3.05, 3.63) is 65.9 Å². The number of hydrogen-bond acceptors (Lipinski definition) is 7. The van der Waals surface area contributed by atoms with Crippen molar-refractivity contribution < 1.29 is 23.0 Å². The number of methoxy groups -OCH3 is 1. The van der Waals surface area contributed by atoms with Gasteiger partial charge in [0.1, 0.15) is 11.6 Å². The molecule has 8 nitrogen and oxygen atoms in total. The van der Waals surface area contributed by atoms with E-state index in [1.54, 1.807) is 25.3 Å². The van der Waals surface area contributed by atoms with Gasteiger partial charge in [0.25, 0.3) is 12.3 Å². The van der Waals surface area contributed by atoms with E-state index in [2.05, 4.69) is 20.5 Å². The van der Waals surface area contributed by atoms with Crippen LogP contribution in [0.25, 0.3) is 0 Å². The number of nitrogens with two attached hydrogens (primary N) is 1. The van der Waals surface area contributed by atoms with Gasteiger partial charge in [0.2, 0.25) is 0 Å². The van der Waals surface area contributed by atoms with Crippen LogP contribution in [0.3, 0.4) is 0 Å². The highest BCUT2D eigenvalue weighted by atomic mass is 19.3. The average molecular weight is 469 g/mol. The fraction of sp³-hybridized carbons (Fsp3) is 0.250. The molecule has 1 fully saturated rings. The molecule has 2 heterocycles. The molecule has 1 aliphatic heterocycles. The lowest BCUT2D eigenvalue weighted by molar-refractivity contribution is 0.100. The molecule has 4 N–H and O–H groups in total. The maximum absolute atomic E-state index is 13.7. The molecule has 4 rings (SSSR count). The summed E-state index contributed by atoms with van der Waals surface area (Å²) in [6.45, 7) is 2.90. The number of primary amides is 1. The molecule has 1 aliphatic rings. The highest BCUT2D eigenvalue weighted by molar-refractivity contribution is 5.99. The van der Waals surface area contributed by atoms with Gasteiger partial charge in [-0.3, -0.25) is 4.79 Å². The quantitative estimate of drug-likeness (QED) is 0.448. The number of morpholine rings is 1. The number of para-hydroxylation sites is 1. The molecule has 0 aliphatic carbocycles. The largest absolute Gasteiger partial charge is 0.494 e. The van der Waals surface area contributed by atoms with Crippen LogP contribution in [0.15, 0.2) is 54.7 Å². The van der Waals surface area contributed by atoms with Gasteiger partial charge in [-0.05, 0) is 24.3 Å². The van der Waals surface area contributed by atoms with Crippen LogP contribution >= 0.6 is 0 Å². The number of rotatable bonds is 8. The molecular formula is C24H25F2N5O3. The third-order valence-electron chi connectivity index (χ3n) is 5.46. The molecule has 0 atom stereocenters. The molecule has 1 amide bonds. The third-order valence-corrected chi connectivity index (χ3v) is 5.46. The molecule has 2 aromatic carbocycles. The van der Waals surface area contributed by atoms with Gasteiger partial charge in [0.15, 0.2) is 0 Å². The maximum atomic E-state index is 13.7. The van der Waals surface area contributed by atoms with Crippen LogP contribution in [0, 0.1) is 0 Å². The van der Waals surface area contributed by atoms with Crippen LogP contribution in [0.5, 0.6) is 5.75 Å². The number of amides is 1. The fourth-order valence-electron chi connectivity index (χ4n) is 3.71. The number of nitrogens with zero attached hydrogens (tertiary/aromatic N) is 2. The van der Waals surface area contributed by atoms with Crippen LogP contribution in [0.4, 0.5) is 37.3 Å². The molecule has 34 heavy (non-hydrogen) atoms. The van der Waals surface area contributed by atoms with E-state index in [9.17, 15) is 13.6 Å². The van der Waals surface area contributed by atoms with Crippen molar-refractivity contribution in [3.63, 3.8) is 0 Å². The zero-order valence-electron chi connectivity index (χ0n) is 18.6. The normalized spacial score (nSPS) is 13.6. The van der Waals surface area contributed by atoms with E-state index in [0.717, 1.165) is 25.0 Å². The molecular weight excluding hydrogens is 444 g/mol. The molecule has 0 spiro atoms. The zero-order valence-corrected chi connectivity index (χ0v) is 18.6. The van der Waals surface area contributed by atoms with Crippen LogP contribution in [-0.2, 0) is 4.74 Å². The minimum absolute atomic E-state index is 0.102. The second-order valence-corrected chi connectivity index (χ2v) is 7.60. The second-order valence-electron chi connectivity index (χ2n) is 7.60. The number of halogens is 2. The van der Waals surface area contributed by atoms with Crippen molar-refractivity contribution >= 4 is 34.5 Å². The molecule has 1 saturated heterocycles. The van der Waals surface area contributed by atoms with Gasteiger partial charge in [0, 0.05) is 37.1 Å². The Kier molecular flexibility index (Phi) is 7.07. The summed E-state index contributed by atoms with van der Waals surface area (Å²) in [7, 11) is 1.56. The van der Waals surface area contributed by atoms with E-state index < -0.39 is 12.3 Å². The van der Waals surface area contributed by atoms with Crippen molar-refractivity contribution in [2.45, 2.75) is 6.43 Å². The third kappa shape index (κ3) is 5.18. The van der Waals surface area contributed by atoms with E-state index in [1.165, 1.54) is 12.1 Å². The molecule has 3 aromatic rings. The standard InChI is InChI=1S/C24H25F2N5O3/c1-33-21-12-15(31-8-10-34-11-9-31)6-7-19(21)30-22-13-20(17(14-28-22)23(25)26)29-18-5-3-2-4-16(18)24(27)32/h2-7,12-14,23H,8-11H2,1H3,(H2,27,32)(H2,28,29,30). The van der Waals surface area contributed by atoms with Crippen LogP contribution in [-0.4, -0.2) is 44.3 Å². The van der Waals surface area contributed by atoms with Gasteiger partial charge in [-0.1, -0.05) is 12.1 Å². The number of carbonyl (C=O) groups excluding carboxylic acids is 1. The van der Waals surface area contributed by atoms with E-state index >= 15 is 0 Å². The Balaban J connectivity index is 1.62. The minimum atomic E-state index is -2.77. The number of pyridine rings is 1. The number of benzene rings is 2. The van der Waals surface area contributed by atoms with Gasteiger partial charge < -0.3 is 30.7 Å². The molecule has 0 radical (unpaired) electrons. The van der Waals surface area contributed by atoms with Crippen molar-refractivity contribution in [2.24, 2.45) is 5.73 Å². The number of nitrogens with one attached hydrogen (secondary N) is 2. The van der Waals surface area contributed by atoms with Crippen LogP contribution in [0.2, 0.25) is 0 Å². The van der Waals surface area contributed by atoms with E-state index in [-0.39, 0.29) is 16.8 Å². The number of hydrogen-bond donors (Lipinski definition) is 3. The second kappa shape index (κ2) is 10.3. The highest BCUT2D eigenvalue weighted by Gasteiger charge is 2.18. The smallest absolute Gasteiger partial charge is 0.267 e. The number of anilines is 5. The van der Waals surface area contributed by atoms with E-state index in [0.29, 0.717) is 36.2 Å². The Labute approximate surface area is 195 Å². The summed E-state index contributed by atoms with van der Waals surface area (Å²) in [6, 6.07) is 13.6. The first-order chi connectivity index (χ1) is 16.5. The first-order valence-corrected chi connectivity index (χ1v) is 10.7. The first kappa shape index (κ1) is 23.2. The summed E-state index contributed by atoms with van der Waals surface area (Å²) in [6.07, 6.45) is -1.68. The van der Waals surface area contributed by atoms with Crippen LogP contribution in [0.1, 0.15) is 22.3 Å². The summed E-state index contributed by atoms with van der Waals surface area (Å²) in [5.41, 5.74) is 7.35. The lowest BCUT2D eigenvalue weighted by Crippen LogP contribution is -2.36. The van der Waals surface area contributed by atoms with Crippen molar-refractivity contribution in [2.75, 3.05) is 48.9 Å². The SMILES string of the molecule is COc1cc(N2CCOCC2)ccc1Nc1cc(Nc2ccccc2C(N)=O)c(C(F)F)cn1. The Morgan fingerprint density at radius 2 is 1.85 bits per heavy atom. The summed E-state index contributed by atoms with van der Waals surface area (Å²) >= 11 is 0. The van der Waals surface area contributed by atoms with Gasteiger partial charge in [-0.15, -0.1) is 0 Å². The van der Waals surface area contributed by atoms with Crippen LogP contribution < -0.4 is 26.0 Å². The van der Waals surface area contributed by atoms with Crippen molar-refractivity contribution in [1.29, 1.82) is 0 Å². The van der Waals surface area contributed by atoms with E-state index in [1.807, 2.05) is 18.2 Å². The number of ether oxygens (including phenoxy) is 2. The zero-order chi connectivity index (χ0) is 24.1. The van der Waals surface area contributed by atoms with Gasteiger partial charge in [0.05, 0.1) is 48.5 Å². The van der Waals surface area contributed by atoms with Gasteiger partial charge >= 0.3 is 0 Å². The monoisotopic (exact) mass is 469 g/mol. The molecule has 1 aromatic heterocycles. The van der Waals surface area contributed by atoms with Crippen molar-refractivity contribution in [1.82, 2.24) is 4.98 Å². The van der Waals surface area contributed by atoms with Gasteiger partial charge in [-0.25, -0.2) is 13.8 Å². The summed E-state index contributed by atoms with van der Waals surface area (Å²) in [5, 5.41) is 6.03. The number of alkyl halides is 2. The lowest BCUT2D eigenvalue weighted by Gasteiger charge is -2.29. The predicted octanol–water partition coefficient (Wildman–Crippen LogP) is 4.45. The maximum Gasteiger partial charge on any atom is 0.267 e. The molecule has 0 unspecified atom stereocenters. The summed E-state index contributed by atoms with van der Waals surface area (Å²) in [4.78, 5) is 18.1. The Morgan fingerprint density at radius 1 is 1.09 bits per heavy atom. The number of carbonyl (C=O) groups is 1. The van der Waals surface area contributed by atoms with E-state index in [4.69, 9.17) is 15.2 Å². The lowest BCUT2D eigenvalue weighted by atomic mass is 10.1. The highest BCUT2D eigenvalue weighted by Crippen LogP contribution is 2.35. The molecule has 0 bridgehead atoms. The Morgan fingerprint density at radius 3 is 2.56 bits per heavy atom. The molecule has 10 heteroatoms. The first-order valence-electron chi connectivity index (χ1n) is 10.7. The Bertz CT molecular complexity index is 1170.